The smallest absolute Gasteiger partial charge is 0.0763 e. The number of carboxylic acid groups (broad SMARTS) is 1. The van der Waals surface area contributed by atoms with E-state index in [0.29, 0.717) is 5.69 Å². The standard InChI is InChI=1S/C7H7NO4/c9-7(10)5-1-2-6(4-12-11)8-3-5/h1-3,11H,4H2,(H,9,10)/p-2. The summed E-state index contributed by atoms with van der Waals surface area (Å²) in [6.07, 6.45) is 1.11. The molecule has 0 saturated heterocycles. The third-order valence-corrected chi connectivity index (χ3v) is 1.27. The molecule has 0 radical (unpaired) electrons. The highest BCUT2D eigenvalue weighted by atomic mass is 17.1. The average Bonchev–Trinajstić information content (AvgIpc) is 2.06. The van der Waals surface area contributed by atoms with Crippen LogP contribution in [0.15, 0.2) is 18.3 Å². The Labute approximate surface area is 68.2 Å². The van der Waals surface area contributed by atoms with Crippen LogP contribution in [-0.2, 0) is 11.5 Å². The second-order valence-electron chi connectivity index (χ2n) is 2.09. The van der Waals surface area contributed by atoms with Crippen molar-refractivity contribution >= 4 is 5.97 Å². The number of aromatic nitrogens is 1. The lowest BCUT2D eigenvalue weighted by Crippen LogP contribution is -2.22. The number of rotatable bonds is 3. The Bertz CT molecular complexity index is 269. The number of aromatic carboxylic acids is 1. The lowest BCUT2D eigenvalue weighted by atomic mass is 10.2. The SMILES string of the molecule is O=C([O-])c1ccc(CO[O-])nc1. The Morgan fingerprint density at radius 2 is 2.33 bits per heavy atom. The third-order valence-electron chi connectivity index (χ3n) is 1.27. The fourth-order valence-corrected chi connectivity index (χ4v) is 0.691. The van der Waals surface area contributed by atoms with E-state index >= 15 is 0 Å². The van der Waals surface area contributed by atoms with Gasteiger partial charge in [-0.1, -0.05) is 0 Å². The molecule has 0 aromatic carbocycles. The van der Waals surface area contributed by atoms with Gasteiger partial charge in [-0.3, -0.25) is 4.98 Å². The van der Waals surface area contributed by atoms with Gasteiger partial charge >= 0.3 is 0 Å². The van der Waals surface area contributed by atoms with E-state index in [9.17, 15) is 15.2 Å². The third kappa shape index (κ3) is 2.01. The predicted octanol–water partition coefficient (Wildman–Crippen LogP) is -1.76. The molecule has 0 atom stereocenters. The van der Waals surface area contributed by atoms with Crippen molar-refractivity contribution < 1.29 is 20.0 Å². The molecule has 5 heteroatoms. The lowest BCUT2D eigenvalue weighted by Gasteiger charge is -2.06. The summed E-state index contributed by atoms with van der Waals surface area (Å²) in [6.45, 7) is -0.173. The molecule has 0 saturated carbocycles. The van der Waals surface area contributed by atoms with Crippen LogP contribution in [0.2, 0.25) is 0 Å². The van der Waals surface area contributed by atoms with Crippen LogP contribution >= 0.6 is 0 Å². The molecule has 64 valence electrons. The van der Waals surface area contributed by atoms with Gasteiger partial charge in [0.05, 0.1) is 18.3 Å². The minimum Gasteiger partial charge on any atom is -0.723 e. The van der Waals surface area contributed by atoms with Crippen molar-refractivity contribution in [2.24, 2.45) is 0 Å². The van der Waals surface area contributed by atoms with E-state index in [1.54, 1.807) is 0 Å². The molecule has 12 heavy (non-hydrogen) atoms. The summed E-state index contributed by atoms with van der Waals surface area (Å²) in [4.78, 5) is 17.4. The number of hydrogen-bond acceptors (Lipinski definition) is 5. The monoisotopic (exact) mass is 167 g/mol. The summed E-state index contributed by atoms with van der Waals surface area (Å²) < 4.78 is 0. The fourth-order valence-electron chi connectivity index (χ4n) is 0.691. The van der Waals surface area contributed by atoms with E-state index in [1.807, 2.05) is 0 Å². The quantitative estimate of drug-likeness (QED) is 0.393. The second-order valence-corrected chi connectivity index (χ2v) is 2.09. The van der Waals surface area contributed by atoms with Gasteiger partial charge in [0.1, 0.15) is 0 Å². The van der Waals surface area contributed by atoms with Crippen LogP contribution in [0.5, 0.6) is 0 Å². The van der Waals surface area contributed by atoms with Gasteiger partial charge in [-0.15, -0.1) is 0 Å². The first-order chi connectivity index (χ1) is 5.74. The van der Waals surface area contributed by atoms with Crippen molar-refractivity contribution in [2.75, 3.05) is 0 Å². The van der Waals surface area contributed by atoms with Crippen LogP contribution in [0.3, 0.4) is 0 Å². The van der Waals surface area contributed by atoms with E-state index in [4.69, 9.17) is 0 Å². The number of carbonyl (C=O) groups excluding carboxylic acids is 1. The molecule has 0 fully saturated rings. The maximum Gasteiger partial charge on any atom is 0.0763 e. The molecule has 1 rings (SSSR count). The van der Waals surface area contributed by atoms with Gasteiger partial charge in [0.25, 0.3) is 0 Å². The highest BCUT2D eigenvalue weighted by molar-refractivity contribution is 5.85. The molecule has 0 amide bonds. The molecule has 0 bridgehead atoms. The Balaban J connectivity index is 2.78. The zero-order valence-corrected chi connectivity index (χ0v) is 6.02. The molecule has 1 heterocycles. The van der Waals surface area contributed by atoms with Gasteiger partial charge in [0, 0.05) is 11.8 Å². The Morgan fingerprint density at radius 1 is 1.58 bits per heavy atom. The van der Waals surface area contributed by atoms with E-state index in [2.05, 4.69) is 9.87 Å². The van der Waals surface area contributed by atoms with Crippen LogP contribution in [0, 0.1) is 0 Å². The molecule has 0 aliphatic rings. The first-order valence-corrected chi connectivity index (χ1v) is 3.15. The minimum atomic E-state index is -1.29. The van der Waals surface area contributed by atoms with Gasteiger partial charge in [-0.2, -0.15) is 0 Å². The average molecular weight is 167 g/mol. The molecule has 5 nitrogen and oxygen atoms in total. The Kier molecular flexibility index (Phi) is 2.73. The molecule has 0 unspecified atom stereocenters. The van der Waals surface area contributed by atoms with Crippen molar-refractivity contribution in [1.82, 2.24) is 4.98 Å². The van der Waals surface area contributed by atoms with Gasteiger partial charge in [-0.25, -0.2) is 0 Å². The fraction of sp³-hybridized carbons (Fsp3) is 0.143. The zero-order chi connectivity index (χ0) is 8.97. The summed E-state index contributed by atoms with van der Waals surface area (Å²) in [5, 5.41) is 19.9. The summed E-state index contributed by atoms with van der Waals surface area (Å²) in [5.74, 6) is -1.29. The van der Waals surface area contributed by atoms with Crippen molar-refractivity contribution in [3.8, 4) is 0 Å². The molecule has 1 aromatic rings. The first kappa shape index (κ1) is 8.63. The van der Waals surface area contributed by atoms with Crippen LogP contribution in [0.4, 0.5) is 0 Å². The van der Waals surface area contributed by atoms with Crippen LogP contribution in [0.1, 0.15) is 16.1 Å². The van der Waals surface area contributed by atoms with Crippen molar-refractivity contribution in [2.45, 2.75) is 6.61 Å². The van der Waals surface area contributed by atoms with E-state index in [0.717, 1.165) is 6.20 Å². The Morgan fingerprint density at radius 3 is 2.75 bits per heavy atom. The Hall–Kier alpha value is -1.46. The zero-order valence-electron chi connectivity index (χ0n) is 6.02. The first-order valence-electron chi connectivity index (χ1n) is 3.15. The topological polar surface area (TPSA) is 85.3 Å². The predicted molar refractivity (Wildman–Crippen MR) is 33.4 cm³/mol. The summed E-state index contributed by atoms with van der Waals surface area (Å²) >= 11 is 0. The number of hydrogen-bond donors (Lipinski definition) is 0. The number of carboxylic acids is 1. The van der Waals surface area contributed by atoms with Crippen LogP contribution in [-0.4, -0.2) is 11.0 Å². The molecule has 0 aliphatic carbocycles. The molecule has 0 aliphatic heterocycles. The summed E-state index contributed by atoms with van der Waals surface area (Å²) in [6, 6.07) is 2.69. The lowest BCUT2D eigenvalue weighted by molar-refractivity contribution is -0.695. The van der Waals surface area contributed by atoms with Gasteiger partial charge < -0.3 is 20.0 Å². The molecule has 0 spiro atoms. The minimum absolute atomic E-state index is 0.0235. The molecular formula is C7H5NO4-2. The van der Waals surface area contributed by atoms with E-state index in [-0.39, 0.29) is 12.2 Å². The van der Waals surface area contributed by atoms with E-state index in [1.165, 1.54) is 12.1 Å². The van der Waals surface area contributed by atoms with Crippen LogP contribution in [0.25, 0.3) is 0 Å². The molecular weight excluding hydrogens is 162 g/mol. The number of carbonyl (C=O) groups is 1. The van der Waals surface area contributed by atoms with Gasteiger partial charge in [-0.05, 0) is 12.1 Å². The normalized spacial score (nSPS) is 9.75. The van der Waals surface area contributed by atoms with E-state index < -0.39 is 5.97 Å². The largest absolute Gasteiger partial charge is 0.723 e. The van der Waals surface area contributed by atoms with Crippen molar-refractivity contribution in [3.05, 3.63) is 29.6 Å². The summed E-state index contributed by atoms with van der Waals surface area (Å²) in [5.41, 5.74) is 0.361. The highest BCUT2D eigenvalue weighted by Gasteiger charge is 1.94. The highest BCUT2D eigenvalue weighted by Crippen LogP contribution is 1.99. The summed E-state index contributed by atoms with van der Waals surface area (Å²) in [7, 11) is 0. The second kappa shape index (κ2) is 3.80. The molecule has 1 aromatic heterocycles. The van der Waals surface area contributed by atoms with Crippen molar-refractivity contribution in [3.63, 3.8) is 0 Å². The number of pyridine rings is 1. The maximum absolute atomic E-state index is 10.2. The van der Waals surface area contributed by atoms with Crippen LogP contribution < -0.4 is 10.4 Å². The van der Waals surface area contributed by atoms with Crippen molar-refractivity contribution in [1.29, 1.82) is 0 Å². The van der Waals surface area contributed by atoms with Gasteiger partial charge in [0.15, 0.2) is 0 Å². The number of nitrogens with zero attached hydrogens (tertiary/aromatic N) is 1. The van der Waals surface area contributed by atoms with Gasteiger partial charge in [0.2, 0.25) is 0 Å². The molecule has 0 N–H and O–H groups in total. The maximum atomic E-state index is 10.2.